The van der Waals surface area contributed by atoms with Gasteiger partial charge in [0.15, 0.2) is 0 Å². The summed E-state index contributed by atoms with van der Waals surface area (Å²) in [6, 6.07) is 0. The number of hydrogen-bond donors (Lipinski definition) is 0. The Balaban J connectivity index is -0.0000000417. The van der Waals surface area contributed by atoms with Crippen molar-refractivity contribution in [2.24, 2.45) is 0 Å². The summed E-state index contributed by atoms with van der Waals surface area (Å²) >= 11 is 0. The molecule has 0 fully saturated rings. The first-order valence-electron chi connectivity index (χ1n) is 0.833. The fourth-order valence-electron chi connectivity index (χ4n) is 0. The molecule has 0 N–H and O–H groups in total. The smallest absolute Gasteiger partial charge is 0.763 e. The Morgan fingerprint density at radius 2 is 1.00 bits per heavy atom. The molecule has 0 radical (unpaired) electrons. The predicted octanol–water partition coefficient (Wildman–Crippen LogP) is -6.91. The van der Waals surface area contributed by atoms with Crippen LogP contribution in [-0.2, 0) is 20.2 Å². The Morgan fingerprint density at radius 3 is 1.00 bits per heavy atom. The molecule has 0 saturated heterocycles. The van der Waals surface area contributed by atoms with Gasteiger partial charge >= 0.3 is 59.1 Å². The molecular weight excluding hydrogens is 210 g/mol. The topological polar surface area (TPSA) is 80.3 Å². The van der Waals surface area contributed by atoms with E-state index < -0.39 is 20.2 Å². The molecule has 2 atom stereocenters. The second-order valence-corrected chi connectivity index (χ2v) is 2.86. The van der Waals surface area contributed by atoms with Gasteiger partial charge in [0, 0.05) is 20.2 Å². The third-order valence-electron chi connectivity index (χ3n) is 0.111. The number of halogens is 1. The molecule has 9 heavy (non-hydrogen) atoms. The first kappa shape index (κ1) is 22.5. The summed E-state index contributed by atoms with van der Waals surface area (Å²) in [6.45, 7) is 0. The van der Waals surface area contributed by atoms with Gasteiger partial charge in [0.25, 0.3) is 0 Å². The Hall–Kier alpha value is 2.51. The normalized spacial score (nSPS) is 13.1. The van der Waals surface area contributed by atoms with Gasteiger partial charge in [-0.2, -0.15) is 0 Å². The minimum atomic E-state index is -2.95. The van der Waals surface area contributed by atoms with E-state index in [0.29, 0.717) is 0 Å². The van der Waals surface area contributed by atoms with Crippen LogP contribution >= 0.6 is 12.4 Å². The minimum Gasteiger partial charge on any atom is -0.763 e. The molecule has 0 aromatic carbocycles. The van der Waals surface area contributed by atoms with Crippen LogP contribution in [0.1, 0.15) is 0 Å². The molecule has 0 aliphatic carbocycles. The first-order chi connectivity index (χ1) is 2.64. The monoisotopic (exact) mass is 210 g/mol. The van der Waals surface area contributed by atoms with Gasteiger partial charge in [0.05, 0.1) is 0 Å². The zero-order chi connectivity index (χ0) is 5.15. The molecule has 2 unspecified atom stereocenters. The van der Waals surface area contributed by atoms with E-state index in [4.69, 9.17) is 17.5 Å². The van der Waals surface area contributed by atoms with E-state index in [1.165, 1.54) is 0 Å². The summed E-state index contributed by atoms with van der Waals surface area (Å²) in [4.78, 5) is 0. The van der Waals surface area contributed by atoms with Crippen molar-refractivity contribution in [1.29, 1.82) is 0 Å². The summed E-state index contributed by atoms with van der Waals surface area (Å²) in [6.07, 6.45) is 0. The molecule has 0 saturated carbocycles. The molecule has 0 amide bonds. The van der Waals surface area contributed by atoms with E-state index in [9.17, 15) is 0 Å². The molecule has 0 bridgehead atoms. The van der Waals surface area contributed by atoms with E-state index >= 15 is 0 Å². The van der Waals surface area contributed by atoms with Gasteiger partial charge in [-0.1, -0.05) is 0 Å². The molecule has 0 aromatic rings. The molecular formula is HClNa2O4S2. The average molecular weight is 211 g/mol. The largest absolute Gasteiger partial charge is 1.00 e. The van der Waals surface area contributed by atoms with Crippen molar-refractivity contribution in [3.05, 3.63) is 0 Å². The van der Waals surface area contributed by atoms with Crippen molar-refractivity contribution < 1.29 is 76.6 Å². The molecule has 9 heteroatoms. The maximum Gasteiger partial charge on any atom is 1.00 e. The van der Waals surface area contributed by atoms with Gasteiger partial charge in [-0.3, -0.25) is 8.42 Å². The minimum absolute atomic E-state index is 0. The Bertz CT molecular complexity index is 82.6. The summed E-state index contributed by atoms with van der Waals surface area (Å²) in [7, 11) is -5.90. The molecule has 0 rings (SSSR count). The van der Waals surface area contributed by atoms with Crippen LogP contribution in [0, 0.1) is 0 Å². The first-order valence-corrected chi connectivity index (χ1v) is 3.50. The quantitative estimate of drug-likeness (QED) is 0.245. The molecule has 0 aliphatic heterocycles. The zero-order valence-electron chi connectivity index (χ0n) is 4.86. The van der Waals surface area contributed by atoms with Crippen LogP contribution in [-0.4, -0.2) is 17.5 Å². The molecule has 4 nitrogen and oxygen atoms in total. The van der Waals surface area contributed by atoms with Gasteiger partial charge in [0.2, 0.25) is 0 Å². The maximum atomic E-state index is 9.09. The van der Waals surface area contributed by atoms with E-state index in [0.717, 1.165) is 0 Å². The molecule has 0 aromatic heterocycles. The summed E-state index contributed by atoms with van der Waals surface area (Å²) in [5.41, 5.74) is 0. The van der Waals surface area contributed by atoms with Crippen molar-refractivity contribution >= 4 is 32.6 Å². The van der Waals surface area contributed by atoms with Crippen LogP contribution in [0.5, 0.6) is 0 Å². The second kappa shape index (κ2) is 13.1. The zero-order valence-corrected chi connectivity index (χ0v) is 11.3. The summed E-state index contributed by atoms with van der Waals surface area (Å²) < 4.78 is 36.3. The fraction of sp³-hybridized carbons (Fsp3) is 0. The average Bonchev–Trinajstić information content (AvgIpc) is 1.36. The van der Waals surface area contributed by atoms with Crippen LogP contribution in [0.15, 0.2) is 0 Å². The third-order valence-corrected chi connectivity index (χ3v) is 1.00. The molecule has 0 aliphatic rings. The Kier molecular flexibility index (Phi) is 32.9. The van der Waals surface area contributed by atoms with Crippen molar-refractivity contribution in [3.63, 3.8) is 0 Å². The van der Waals surface area contributed by atoms with Crippen LogP contribution in [0.4, 0.5) is 0 Å². The molecule has 0 heterocycles. The van der Waals surface area contributed by atoms with Gasteiger partial charge in [-0.15, -0.1) is 12.4 Å². The van der Waals surface area contributed by atoms with Crippen LogP contribution in [0.25, 0.3) is 0 Å². The van der Waals surface area contributed by atoms with Crippen molar-refractivity contribution in [2.75, 3.05) is 0 Å². The van der Waals surface area contributed by atoms with Crippen molar-refractivity contribution in [2.45, 2.75) is 0 Å². The van der Waals surface area contributed by atoms with Crippen molar-refractivity contribution in [1.82, 2.24) is 0 Å². The summed E-state index contributed by atoms with van der Waals surface area (Å²) in [5.74, 6) is 0. The molecule has 0 spiro atoms. The molecule has 46 valence electrons. The second-order valence-electron chi connectivity index (χ2n) is 0.408. The Labute approximate surface area is 108 Å². The van der Waals surface area contributed by atoms with Crippen LogP contribution in [0.3, 0.4) is 0 Å². The van der Waals surface area contributed by atoms with Crippen LogP contribution < -0.4 is 59.1 Å². The van der Waals surface area contributed by atoms with E-state index in [1.807, 2.05) is 0 Å². The van der Waals surface area contributed by atoms with Gasteiger partial charge in [0.1, 0.15) is 0 Å². The number of rotatable bonds is 1. The van der Waals surface area contributed by atoms with Gasteiger partial charge < -0.3 is 9.11 Å². The fourth-order valence-corrected chi connectivity index (χ4v) is 0. The van der Waals surface area contributed by atoms with E-state index in [-0.39, 0.29) is 71.5 Å². The van der Waals surface area contributed by atoms with Crippen molar-refractivity contribution in [3.8, 4) is 0 Å². The maximum absolute atomic E-state index is 9.09. The van der Waals surface area contributed by atoms with E-state index in [1.54, 1.807) is 0 Å². The SMILES string of the molecule is Cl.O=S([O-])S(=O)[O-].[Na+].[Na+]. The summed E-state index contributed by atoms with van der Waals surface area (Å²) in [5, 5.41) is 0. The Morgan fingerprint density at radius 1 is 0.889 bits per heavy atom. The predicted molar refractivity (Wildman–Crippen MR) is 25.1 cm³/mol. The van der Waals surface area contributed by atoms with Gasteiger partial charge in [-0.25, -0.2) is 0 Å². The third kappa shape index (κ3) is 18.0. The van der Waals surface area contributed by atoms with Crippen LogP contribution in [0.2, 0.25) is 0 Å². The van der Waals surface area contributed by atoms with Gasteiger partial charge in [-0.05, 0) is 0 Å². The number of hydrogen-bond acceptors (Lipinski definition) is 4. The standard InChI is InChI=1S/ClH.2Na.H2O4S2/c;;;1-5(2)6(3)4/h1H;;;(H,1,2)(H,3,4)/q;2*+1;/p-2. The van der Waals surface area contributed by atoms with E-state index in [2.05, 4.69) is 0 Å².